The number of ketones is 1. The molecule has 1 rings (SSSR count). The number of carbonyl (C=O) groups is 2. The van der Waals surface area contributed by atoms with Crippen LogP contribution in [0.3, 0.4) is 0 Å². The van der Waals surface area contributed by atoms with Crippen molar-refractivity contribution in [3.8, 4) is 0 Å². The number of hydrogen-bond acceptors (Lipinski definition) is 3. The molecule has 76 valence electrons. The molecular formula is C10H13NO3. The van der Waals surface area contributed by atoms with E-state index in [0.29, 0.717) is 0 Å². The lowest BCUT2D eigenvalue weighted by molar-refractivity contribution is -0.146. The summed E-state index contributed by atoms with van der Waals surface area (Å²) in [4.78, 5) is 26.7. The first-order valence-corrected chi connectivity index (χ1v) is 4.35. The summed E-state index contributed by atoms with van der Waals surface area (Å²) in [7, 11) is 0. The van der Waals surface area contributed by atoms with Crippen LogP contribution in [0.15, 0.2) is 12.3 Å². The smallest absolute Gasteiger partial charge is 0.336 e. The van der Waals surface area contributed by atoms with Gasteiger partial charge >= 0.3 is 5.97 Å². The zero-order chi connectivity index (χ0) is 10.7. The largest absolute Gasteiger partial charge is 0.340 e. The van der Waals surface area contributed by atoms with Crippen molar-refractivity contribution in [2.24, 2.45) is 0 Å². The molecule has 1 aromatic heterocycles. The van der Waals surface area contributed by atoms with Crippen LogP contribution >= 0.6 is 0 Å². The predicted molar refractivity (Wildman–Crippen MR) is 50.8 cm³/mol. The van der Waals surface area contributed by atoms with Gasteiger partial charge in [-0.1, -0.05) is 0 Å². The molecule has 0 aliphatic rings. The Hall–Kier alpha value is -1.58. The number of rotatable bonds is 3. The van der Waals surface area contributed by atoms with Gasteiger partial charge in [0.05, 0.1) is 5.69 Å². The fourth-order valence-corrected chi connectivity index (χ4v) is 1.16. The number of aromatic nitrogens is 1. The molecule has 0 saturated carbocycles. The Morgan fingerprint density at radius 2 is 2.07 bits per heavy atom. The molecule has 0 aliphatic heterocycles. The maximum absolute atomic E-state index is 11.1. The zero-order valence-electron chi connectivity index (χ0n) is 8.53. The van der Waals surface area contributed by atoms with Gasteiger partial charge in [0.25, 0.3) is 0 Å². The van der Waals surface area contributed by atoms with Gasteiger partial charge in [0.15, 0.2) is 0 Å². The Morgan fingerprint density at radius 1 is 1.43 bits per heavy atom. The molecule has 1 aromatic rings. The number of Topliss-reactive ketones (excluding diaryl/α,β-unsaturated/α-hetero) is 1. The Kier molecular flexibility index (Phi) is 3.06. The summed E-state index contributed by atoms with van der Waals surface area (Å²) in [6, 6.07) is 1.89. The highest BCUT2D eigenvalue weighted by atomic mass is 16.7. The molecule has 0 unspecified atom stereocenters. The average Bonchev–Trinajstić information content (AvgIpc) is 2.28. The topological polar surface area (TPSA) is 48.3 Å². The van der Waals surface area contributed by atoms with Gasteiger partial charge in [0, 0.05) is 6.20 Å². The zero-order valence-corrected chi connectivity index (χ0v) is 8.53. The first-order valence-electron chi connectivity index (χ1n) is 4.35. The quantitative estimate of drug-likeness (QED) is 0.677. The minimum absolute atomic E-state index is 0.184. The highest BCUT2D eigenvalue weighted by Gasteiger charge is 2.09. The summed E-state index contributed by atoms with van der Waals surface area (Å²) < 4.78 is 1.38. The van der Waals surface area contributed by atoms with Crippen molar-refractivity contribution < 1.29 is 14.4 Å². The molecule has 0 N–H and O–H groups in total. The summed E-state index contributed by atoms with van der Waals surface area (Å²) in [5.74, 6) is -0.729. The molecule has 1 heterocycles. The molecule has 0 aromatic carbocycles. The molecule has 0 bridgehead atoms. The van der Waals surface area contributed by atoms with E-state index in [1.165, 1.54) is 11.7 Å². The second-order valence-corrected chi connectivity index (χ2v) is 3.33. The van der Waals surface area contributed by atoms with Crippen molar-refractivity contribution in [3.05, 3.63) is 23.5 Å². The van der Waals surface area contributed by atoms with Crippen LogP contribution in [0, 0.1) is 13.8 Å². The van der Waals surface area contributed by atoms with E-state index in [9.17, 15) is 9.59 Å². The van der Waals surface area contributed by atoms with Gasteiger partial charge < -0.3 is 4.84 Å². The number of nitrogens with zero attached hydrogens (tertiary/aromatic N) is 1. The maximum atomic E-state index is 11.1. The molecule has 0 atom stereocenters. The predicted octanol–water partition coefficient (Wildman–Crippen LogP) is 1.04. The van der Waals surface area contributed by atoms with E-state index in [4.69, 9.17) is 4.84 Å². The molecular weight excluding hydrogens is 182 g/mol. The first-order chi connectivity index (χ1) is 6.49. The Balaban J connectivity index is 2.64. The van der Waals surface area contributed by atoms with Crippen molar-refractivity contribution in [1.29, 1.82) is 0 Å². The molecule has 0 aliphatic carbocycles. The third kappa shape index (κ3) is 2.73. The van der Waals surface area contributed by atoms with E-state index in [1.54, 1.807) is 6.20 Å². The van der Waals surface area contributed by atoms with Crippen molar-refractivity contribution in [1.82, 2.24) is 4.73 Å². The van der Waals surface area contributed by atoms with Gasteiger partial charge in [-0.25, -0.2) is 4.79 Å². The summed E-state index contributed by atoms with van der Waals surface area (Å²) in [5, 5.41) is 0. The average molecular weight is 195 g/mol. The SMILES string of the molecule is CC(=O)CC(=O)On1cc(C)cc1C. The third-order valence-corrected chi connectivity index (χ3v) is 1.70. The second kappa shape index (κ2) is 4.09. The standard InChI is InChI=1S/C10H13NO3/c1-7-4-8(2)11(6-7)14-10(13)5-9(3)12/h4,6H,5H2,1-3H3. The summed E-state index contributed by atoms with van der Waals surface area (Å²) in [6.07, 6.45) is 1.52. The van der Waals surface area contributed by atoms with Gasteiger partial charge in [-0.2, -0.15) is 4.73 Å². The normalized spacial score (nSPS) is 9.93. The van der Waals surface area contributed by atoms with Gasteiger partial charge in [-0.3, -0.25) is 4.79 Å². The lowest BCUT2D eigenvalue weighted by atomic mass is 10.3. The lowest BCUT2D eigenvalue weighted by Gasteiger charge is -2.04. The van der Waals surface area contributed by atoms with E-state index in [-0.39, 0.29) is 12.2 Å². The molecule has 0 radical (unpaired) electrons. The Labute approximate surface area is 82.4 Å². The van der Waals surface area contributed by atoms with Gasteiger partial charge in [0.2, 0.25) is 0 Å². The van der Waals surface area contributed by atoms with E-state index in [1.807, 2.05) is 19.9 Å². The van der Waals surface area contributed by atoms with Gasteiger partial charge in [-0.05, 0) is 32.4 Å². The molecule has 0 amide bonds. The minimum Gasteiger partial charge on any atom is -0.336 e. The fraction of sp³-hybridized carbons (Fsp3) is 0.400. The van der Waals surface area contributed by atoms with Crippen LogP contribution in [0.2, 0.25) is 0 Å². The van der Waals surface area contributed by atoms with E-state index >= 15 is 0 Å². The van der Waals surface area contributed by atoms with Crippen LogP contribution < -0.4 is 4.84 Å². The van der Waals surface area contributed by atoms with Crippen LogP contribution in [0.5, 0.6) is 0 Å². The third-order valence-electron chi connectivity index (χ3n) is 1.70. The highest BCUT2D eigenvalue weighted by Crippen LogP contribution is 2.04. The summed E-state index contributed by atoms with van der Waals surface area (Å²) >= 11 is 0. The molecule has 0 spiro atoms. The van der Waals surface area contributed by atoms with Crippen LogP contribution in [0.4, 0.5) is 0 Å². The molecule has 0 fully saturated rings. The van der Waals surface area contributed by atoms with Crippen molar-refractivity contribution >= 4 is 11.8 Å². The van der Waals surface area contributed by atoms with Crippen LogP contribution in [0.25, 0.3) is 0 Å². The molecule has 4 heteroatoms. The van der Waals surface area contributed by atoms with Crippen LogP contribution in [0.1, 0.15) is 24.6 Å². The number of carbonyl (C=O) groups excluding carboxylic acids is 2. The molecule has 0 saturated heterocycles. The van der Waals surface area contributed by atoms with Crippen LogP contribution in [-0.4, -0.2) is 16.5 Å². The van der Waals surface area contributed by atoms with Crippen molar-refractivity contribution in [2.45, 2.75) is 27.2 Å². The minimum atomic E-state index is -0.531. The Bertz CT molecular complexity index is 365. The van der Waals surface area contributed by atoms with Crippen molar-refractivity contribution in [2.75, 3.05) is 0 Å². The maximum Gasteiger partial charge on any atom is 0.340 e. The summed E-state index contributed by atoms with van der Waals surface area (Å²) in [6.45, 7) is 5.09. The second-order valence-electron chi connectivity index (χ2n) is 3.33. The monoisotopic (exact) mass is 195 g/mol. The van der Waals surface area contributed by atoms with E-state index in [2.05, 4.69) is 0 Å². The van der Waals surface area contributed by atoms with Crippen molar-refractivity contribution in [3.63, 3.8) is 0 Å². The highest BCUT2D eigenvalue weighted by molar-refractivity contribution is 5.94. The first kappa shape index (κ1) is 10.5. The van der Waals surface area contributed by atoms with E-state index in [0.717, 1.165) is 11.3 Å². The van der Waals surface area contributed by atoms with Gasteiger partial charge in [-0.15, -0.1) is 0 Å². The fourth-order valence-electron chi connectivity index (χ4n) is 1.16. The lowest BCUT2D eigenvalue weighted by Crippen LogP contribution is -2.21. The van der Waals surface area contributed by atoms with E-state index < -0.39 is 5.97 Å². The Morgan fingerprint density at radius 3 is 2.50 bits per heavy atom. The molecule has 14 heavy (non-hydrogen) atoms. The molecule has 4 nitrogen and oxygen atoms in total. The number of aryl methyl sites for hydroxylation is 2. The van der Waals surface area contributed by atoms with Crippen LogP contribution in [-0.2, 0) is 9.59 Å². The number of hydrogen-bond donors (Lipinski definition) is 0. The van der Waals surface area contributed by atoms with Gasteiger partial charge in [0.1, 0.15) is 12.2 Å². The summed E-state index contributed by atoms with van der Waals surface area (Å²) in [5.41, 5.74) is 1.84.